The summed E-state index contributed by atoms with van der Waals surface area (Å²) in [7, 11) is 0. The van der Waals surface area contributed by atoms with Crippen LogP contribution in [-0.2, 0) is 19.1 Å². The second kappa shape index (κ2) is 6.62. The predicted octanol–water partition coefficient (Wildman–Crippen LogP) is 1.27. The average Bonchev–Trinajstić information content (AvgIpc) is 2.44. The molecule has 20 heavy (non-hydrogen) atoms. The van der Waals surface area contributed by atoms with E-state index in [0.717, 1.165) is 5.56 Å². The summed E-state index contributed by atoms with van der Waals surface area (Å²) >= 11 is 0. The molecule has 1 aromatic carbocycles. The minimum Gasteiger partial charge on any atom is -0.481 e. The number of terminal acetylenes is 1. The van der Waals surface area contributed by atoms with Crippen molar-refractivity contribution < 1.29 is 23.8 Å². The third-order valence-corrected chi connectivity index (χ3v) is 2.85. The van der Waals surface area contributed by atoms with Gasteiger partial charge in [-0.15, -0.1) is 6.42 Å². The number of carbonyl (C=O) groups excluding carboxylic acids is 2. The van der Waals surface area contributed by atoms with Crippen LogP contribution in [0.1, 0.15) is 17.9 Å². The molecule has 0 aliphatic carbocycles. The molecule has 0 unspecified atom stereocenters. The summed E-state index contributed by atoms with van der Waals surface area (Å²) in [5.74, 6) is 1.74. The molecule has 0 amide bonds. The minimum atomic E-state index is -0.561. The molecule has 0 saturated carbocycles. The molecule has 5 nitrogen and oxygen atoms in total. The summed E-state index contributed by atoms with van der Waals surface area (Å²) in [5, 5.41) is 0. The molecule has 1 aliphatic heterocycles. The molecule has 1 saturated heterocycles. The molecule has 0 spiro atoms. The zero-order valence-corrected chi connectivity index (χ0v) is 10.8. The van der Waals surface area contributed by atoms with Crippen molar-refractivity contribution in [2.75, 3.05) is 19.8 Å². The number of hydrogen-bond acceptors (Lipinski definition) is 5. The smallest absolute Gasteiger partial charge is 0.317 e. The third-order valence-electron chi connectivity index (χ3n) is 2.85. The van der Waals surface area contributed by atoms with Gasteiger partial charge in [0.05, 0.1) is 5.92 Å². The lowest BCUT2D eigenvalue weighted by atomic mass is 10.0. The first kappa shape index (κ1) is 13.9. The first-order chi connectivity index (χ1) is 9.69. The van der Waals surface area contributed by atoms with E-state index in [1.807, 2.05) is 12.1 Å². The van der Waals surface area contributed by atoms with Crippen LogP contribution in [0.15, 0.2) is 24.3 Å². The quantitative estimate of drug-likeness (QED) is 0.472. The molecule has 1 fully saturated rings. The van der Waals surface area contributed by atoms with E-state index in [-0.39, 0.29) is 32.2 Å². The molecular weight excluding hydrogens is 260 g/mol. The van der Waals surface area contributed by atoms with Gasteiger partial charge in [-0.05, 0) is 17.7 Å². The third kappa shape index (κ3) is 3.75. The SMILES string of the molecule is C#CCOc1ccc(C2COC(=O)CC(=O)OC2)cc1. The predicted molar refractivity (Wildman–Crippen MR) is 70.0 cm³/mol. The largest absolute Gasteiger partial charge is 0.481 e. The first-order valence-electron chi connectivity index (χ1n) is 6.16. The topological polar surface area (TPSA) is 61.8 Å². The standard InChI is InChI=1S/C15H14O5/c1-2-7-18-13-5-3-11(4-6-13)12-9-19-14(16)8-15(17)20-10-12/h1,3-6,12H,7-10H2. The zero-order valence-electron chi connectivity index (χ0n) is 10.8. The molecule has 2 rings (SSSR count). The van der Waals surface area contributed by atoms with Gasteiger partial charge >= 0.3 is 11.9 Å². The van der Waals surface area contributed by atoms with Gasteiger partial charge in [0, 0.05) is 0 Å². The number of rotatable bonds is 3. The Morgan fingerprint density at radius 1 is 1.15 bits per heavy atom. The highest BCUT2D eigenvalue weighted by Crippen LogP contribution is 2.22. The van der Waals surface area contributed by atoms with Crippen LogP contribution in [0.25, 0.3) is 0 Å². The molecule has 104 valence electrons. The van der Waals surface area contributed by atoms with Crippen molar-refractivity contribution in [1.29, 1.82) is 0 Å². The van der Waals surface area contributed by atoms with Crippen molar-refractivity contribution in [2.45, 2.75) is 12.3 Å². The lowest BCUT2D eigenvalue weighted by Crippen LogP contribution is -2.25. The molecule has 0 N–H and O–H groups in total. The van der Waals surface area contributed by atoms with Crippen LogP contribution in [0, 0.1) is 12.3 Å². The van der Waals surface area contributed by atoms with Gasteiger partial charge < -0.3 is 14.2 Å². The van der Waals surface area contributed by atoms with Gasteiger partial charge in [0.1, 0.15) is 32.0 Å². The van der Waals surface area contributed by atoms with Gasteiger partial charge in [0.2, 0.25) is 0 Å². The fourth-order valence-corrected chi connectivity index (χ4v) is 1.81. The van der Waals surface area contributed by atoms with Crippen LogP contribution in [0.4, 0.5) is 0 Å². The normalized spacial score (nSPS) is 16.4. The Balaban J connectivity index is 2.03. The van der Waals surface area contributed by atoms with Crippen LogP contribution in [0.5, 0.6) is 5.75 Å². The minimum absolute atomic E-state index is 0.176. The Hall–Kier alpha value is -2.48. The molecule has 0 bridgehead atoms. The lowest BCUT2D eigenvalue weighted by molar-refractivity contribution is -0.159. The molecule has 0 aromatic heterocycles. The van der Waals surface area contributed by atoms with Crippen molar-refractivity contribution in [3.63, 3.8) is 0 Å². The van der Waals surface area contributed by atoms with Crippen LogP contribution >= 0.6 is 0 Å². The number of hydrogen-bond donors (Lipinski definition) is 0. The van der Waals surface area contributed by atoms with E-state index in [1.54, 1.807) is 12.1 Å². The Labute approximate surface area is 116 Å². The van der Waals surface area contributed by atoms with Crippen molar-refractivity contribution in [2.24, 2.45) is 0 Å². The Morgan fingerprint density at radius 3 is 2.30 bits per heavy atom. The monoisotopic (exact) mass is 274 g/mol. The van der Waals surface area contributed by atoms with E-state index in [9.17, 15) is 9.59 Å². The van der Waals surface area contributed by atoms with Crippen LogP contribution in [0.2, 0.25) is 0 Å². The Bertz CT molecular complexity index is 508. The maximum atomic E-state index is 11.2. The van der Waals surface area contributed by atoms with Crippen molar-refractivity contribution in [3.8, 4) is 18.1 Å². The summed E-state index contributed by atoms with van der Waals surface area (Å²) in [6.45, 7) is 0.589. The summed E-state index contributed by atoms with van der Waals surface area (Å²) in [6.07, 6.45) is 4.78. The lowest BCUT2D eigenvalue weighted by Gasteiger charge is -2.20. The van der Waals surface area contributed by atoms with E-state index in [1.165, 1.54) is 0 Å². The number of ether oxygens (including phenoxy) is 3. The van der Waals surface area contributed by atoms with Gasteiger partial charge in [0.25, 0.3) is 0 Å². The first-order valence-corrected chi connectivity index (χ1v) is 6.16. The summed E-state index contributed by atoms with van der Waals surface area (Å²) in [6, 6.07) is 7.21. The van der Waals surface area contributed by atoms with E-state index in [2.05, 4.69) is 5.92 Å². The highest BCUT2D eigenvalue weighted by molar-refractivity contribution is 5.91. The van der Waals surface area contributed by atoms with Crippen molar-refractivity contribution in [3.05, 3.63) is 29.8 Å². The van der Waals surface area contributed by atoms with Gasteiger partial charge in [0.15, 0.2) is 0 Å². The number of benzene rings is 1. The molecule has 1 aliphatic rings. The second-order valence-electron chi connectivity index (χ2n) is 4.30. The molecule has 5 heteroatoms. The van der Waals surface area contributed by atoms with Crippen LogP contribution < -0.4 is 4.74 Å². The second-order valence-corrected chi connectivity index (χ2v) is 4.30. The van der Waals surface area contributed by atoms with Gasteiger partial charge in [-0.3, -0.25) is 9.59 Å². The van der Waals surface area contributed by atoms with E-state index in [0.29, 0.717) is 5.75 Å². The van der Waals surface area contributed by atoms with Crippen molar-refractivity contribution >= 4 is 11.9 Å². The van der Waals surface area contributed by atoms with Crippen molar-refractivity contribution in [1.82, 2.24) is 0 Å². The van der Waals surface area contributed by atoms with Gasteiger partial charge in [-0.2, -0.15) is 0 Å². The van der Waals surface area contributed by atoms with Gasteiger partial charge in [-0.25, -0.2) is 0 Å². The van der Waals surface area contributed by atoms with Crippen LogP contribution in [-0.4, -0.2) is 31.8 Å². The van der Waals surface area contributed by atoms with E-state index in [4.69, 9.17) is 20.6 Å². The molecule has 0 atom stereocenters. The highest BCUT2D eigenvalue weighted by Gasteiger charge is 2.22. The number of esters is 2. The van der Waals surface area contributed by atoms with E-state index >= 15 is 0 Å². The fraction of sp³-hybridized carbons (Fsp3) is 0.333. The number of carbonyl (C=O) groups is 2. The maximum Gasteiger partial charge on any atom is 0.317 e. The van der Waals surface area contributed by atoms with E-state index < -0.39 is 11.9 Å². The van der Waals surface area contributed by atoms with Gasteiger partial charge in [-0.1, -0.05) is 18.1 Å². The molecular formula is C15H14O5. The summed E-state index contributed by atoms with van der Waals surface area (Å²) < 4.78 is 15.3. The summed E-state index contributed by atoms with van der Waals surface area (Å²) in [4.78, 5) is 22.5. The Kier molecular flexibility index (Phi) is 4.61. The summed E-state index contributed by atoms with van der Waals surface area (Å²) in [5.41, 5.74) is 0.903. The Morgan fingerprint density at radius 2 is 1.75 bits per heavy atom. The number of cyclic esters (lactones) is 2. The molecule has 1 heterocycles. The highest BCUT2D eigenvalue weighted by atomic mass is 16.6. The zero-order chi connectivity index (χ0) is 14.4. The molecule has 0 radical (unpaired) electrons. The maximum absolute atomic E-state index is 11.2. The average molecular weight is 274 g/mol. The fourth-order valence-electron chi connectivity index (χ4n) is 1.81. The van der Waals surface area contributed by atoms with Crippen LogP contribution in [0.3, 0.4) is 0 Å². The molecule has 1 aromatic rings.